The third-order valence-corrected chi connectivity index (χ3v) is 3.37. The van der Waals surface area contributed by atoms with Gasteiger partial charge in [0.2, 0.25) is 0 Å². The summed E-state index contributed by atoms with van der Waals surface area (Å²) in [5, 5.41) is 0. The maximum atomic E-state index is 8.64. The van der Waals surface area contributed by atoms with Crippen molar-refractivity contribution < 1.29 is 34.5 Å². The SMILES string of the molecule is CC[N+](CC)(CC)Cc1ccccc1.[O]=[Re](=[O])(=[O])[O-]. The maximum absolute atomic E-state index is 8.64. The molecule has 110 valence electrons. The molecule has 0 aliphatic rings. The van der Waals surface area contributed by atoms with Crippen LogP contribution < -0.4 is 3.83 Å². The predicted molar refractivity (Wildman–Crippen MR) is 64.1 cm³/mol. The minimum absolute atomic E-state index is 1.17. The van der Waals surface area contributed by atoms with Gasteiger partial charge in [-0.3, -0.25) is 0 Å². The first kappa shape index (κ1) is 18.2. The van der Waals surface area contributed by atoms with E-state index in [1.807, 2.05) is 0 Å². The Morgan fingerprint density at radius 3 is 1.63 bits per heavy atom. The Labute approximate surface area is 117 Å². The summed E-state index contributed by atoms with van der Waals surface area (Å²) in [5.74, 6) is 0. The molecule has 6 heteroatoms. The van der Waals surface area contributed by atoms with Crippen LogP contribution in [0.15, 0.2) is 30.3 Å². The second-order valence-corrected chi connectivity index (χ2v) is 7.03. The van der Waals surface area contributed by atoms with Crippen LogP contribution in [0.2, 0.25) is 0 Å². The van der Waals surface area contributed by atoms with Crippen molar-refractivity contribution in [3.05, 3.63) is 35.9 Å². The number of hydrogen-bond acceptors (Lipinski definition) is 4. The van der Waals surface area contributed by atoms with E-state index in [1.165, 1.54) is 36.2 Å². The van der Waals surface area contributed by atoms with E-state index in [0.29, 0.717) is 0 Å². The molecule has 0 amide bonds. The molecule has 19 heavy (non-hydrogen) atoms. The predicted octanol–water partition coefficient (Wildman–Crippen LogP) is 1.52. The molecule has 1 rings (SSSR count). The molecule has 0 radical (unpaired) electrons. The molecule has 0 bridgehead atoms. The third-order valence-electron chi connectivity index (χ3n) is 3.37. The fraction of sp³-hybridized carbons (Fsp3) is 0.538. The Kier molecular flexibility index (Phi) is 8.04. The molecule has 0 fully saturated rings. The first-order valence-corrected chi connectivity index (χ1v) is 10.7. The van der Waals surface area contributed by atoms with Gasteiger partial charge >= 0.3 is 30.0 Å². The van der Waals surface area contributed by atoms with Gasteiger partial charge in [-0.05, 0) is 20.8 Å². The Hall–Kier alpha value is -0.798. The number of benzene rings is 1. The van der Waals surface area contributed by atoms with Crippen LogP contribution in [0.1, 0.15) is 26.3 Å². The van der Waals surface area contributed by atoms with Crippen LogP contribution in [0.3, 0.4) is 0 Å². The molecule has 0 saturated carbocycles. The van der Waals surface area contributed by atoms with Gasteiger partial charge in [-0.15, -0.1) is 0 Å². The zero-order chi connectivity index (χ0) is 14.9. The summed E-state index contributed by atoms with van der Waals surface area (Å²) >= 11 is -6.11. The zero-order valence-electron chi connectivity index (χ0n) is 11.7. The molecular weight excluding hydrogens is 420 g/mol. The molecular formula is C13H22NO4Re. The molecule has 1 aromatic carbocycles. The first-order chi connectivity index (χ1) is 8.76. The summed E-state index contributed by atoms with van der Waals surface area (Å²) in [5.41, 5.74) is 1.46. The van der Waals surface area contributed by atoms with Crippen molar-refractivity contribution in [2.45, 2.75) is 27.3 Å². The van der Waals surface area contributed by atoms with Gasteiger partial charge in [0.15, 0.2) is 0 Å². The quantitative estimate of drug-likeness (QED) is 0.648. The van der Waals surface area contributed by atoms with E-state index in [9.17, 15) is 0 Å². The summed E-state index contributed by atoms with van der Waals surface area (Å²) in [6.07, 6.45) is 0. The van der Waals surface area contributed by atoms with Crippen molar-refractivity contribution in [2.75, 3.05) is 19.6 Å². The molecule has 0 unspecified atom stereocenters. The van der Waals surface area contributed by atoms with Crippen molar-refractivity contribution >= 4 is 0 Å². The van der Waals surface area contributed by atoms with Crippen LogP contribution in [0.25, 0.3) is 0 Å². The molecule has 1 aromatic rings. The van der Waals surface area contributed by atoms with Crippen LogP contribution >= 0.6 is 0 Å². The van der Waals surface area contributed by atoms with E-state index < -0.39 is 15.8 Å². The number of hydrogen-bond donors (Lipinski definition) is 0. The van der Waals surface area contributed by atoms with Gasteiger partial charge in [0.05, 0.1) is 19.6 Å². The fourth-order valence-electron chi connectivity index (χ4n) is 1.98. The Balaban J connectivity index is 0.000000555. The Bertz CT molecular complexity index is 479. The summed E-state index contributed by atoms with van der Waals surface area (Å²) in [6.45, 7) is 11.7. The summed E-state index contributed by atoms with van der Waals surface area (Å²) < 4.78 is 35.8. The van der Waals surface area contributed by atoms with Crippen LogP contribution in [0.5, 0.6) is 0 Å². The molecule has 0 saturated heterocycles. The summed E-state index contributed by atoms with van der Waals surface area (Å²) in [7, 11) is 0. The monoisotopic (exact) mass is 443 g/mol. The Morgan fingerprint density at radius 1 is 0.947 bits per heavy atom. The topological polar surface area (TPSA) is 74.3 Å². The second-order valence-electron chi connectivity index (χ2n) is 4.31. The van der Waals surface area contributed by atoms with Gasteiger partial charge in [0.1, 0.15) is 6.54 Å². The molecule has 0 aromatic heterocycles. The molecule has 0 N–H and O–H groups in total. The van der Waals surface area contributed by atoms with Crippen molar-refractivity contribution in [1.82, 2.24) is 0 Å². The van der Waals surface area contributed by atoms with Crippen LogP contribution in [0.4, 0.5) is 0 Å². The zero-order valence-corrected chi connectivity index (χ0v) is 14.4. The molecule has 0 atom stereocenters. The average molecular weight is 443 g/mol. The van der Waals surface area contributed by atoms with E-state index in [-0.39, 0.29) is 0 Å². The first-order valence-electron chi connectivity index (χ1n) is 6.27. The molecule has 5 nitrogen and oxygen atoms in total. The van der Waals surface area contributed by atoms with Gasteiger partial charge < -0.3 is 4.48 Å². The number of rotatable bonds is 5. The normalized spacial score (nSPS) is 11.6. The van der Waals surface area contributed by atoms with Crippen LogP contribution in [0, 0.1) is 0 Å². The van der Waals surface area contributed by atoms with E-state index in [2.05, 4.69) is 51.1 Å². The van der Waals surface area contributed by atoms with Gasteiger partial charge in [-0.1, -0.05) is 30.3 Å². The number of nitrogens with zero attached hydrogens (tertiary/aromatic N) is 1. The molecule has 0 spiro atoms. The van der Waals surface area contributed by atoms with Gasteiger partial charge in [0, 0.05) is 5.56 Å². The van der Waals surface area contributed by atoms with Gasteiger partial charge in [0.25, 0.3) is 0 Å². The second kappa shape index (κ2) is 8.39. The van der Waals surface area contributed by atoms with E-state index in [1.54, 1.807) is 0 Å². The molecule has 0 heterocycles. The summed E-state index contributed by atoms with van der Waals surface area (Å²) in [6, 6.07) is 10.8. The van der Waals surface area contributed by atoms with E-state index >= 15 is 0 Å². The Morgan fingerprint density at radius 2 is 1.32 bits per heavy atom. The fourth-order valence-corrected chi connectivity index (χ4v) is 1.98. The molecule has 0 aliphatic heterocycles. The van der Waals surface area contributed by atoms with Crippen LogP contribution in [-0.4, -0.2) is 24.1 Å². The number of quaternary nitrogens is 1. The van der Waals surface area contributed by atoms with E-state index in [0.717, 1.165) is 0 Å². The minimum atomic E-state index is -6.11. The van der Waals surface area contributed by atoms with Crippen molar-refractivity contribution in [2.24, 2.45) is 0 Å². The van der Waals surface area contributed by atoms with E-state index in [4.69, 9.17) is 14.2 Å². The van der Waals surface area contributed by atoms with Crippen molar-refractivity contribution in [1.29, 1.82) is 0 Å². The van der Waals surface area contributed by atoms with Gasteiger partial charge in [-0.2, -0.15) is 0 Å². The van der Waals surface area contributed by atoms with Crippen molar-refractivity contribution in [3.63, 3.8) is 0 Å². The van der Waals surface area contributed by atoms with Crippen LogP contribution in [-0.2, 0) is 32.7 Å². The standard InChI is InChI=1S/C13H22N.4O.Re/c1-4-14(5-2,6-3)12-13-10-8-7-9-11-13;;;;;/h7-11H,4-6,12H2,1-3H3;;;;;/q+1;;;;-1;. The molecule has 0 aliphatic carbocycles. The average Bonchev–Trinajstić information content (AvgIpc) is 2.35. The third kappa shape index (κ3) is 8.84. The summed E-state index contributed by atoms with van der Waals surface area (Å²) in [4.78, 5) is 0. The van der Waals surface area contributed by atoms with Crippen molar-refractivity contribution in [3.8, 4) is 0 Å². The van der Waals surface area contributed by atoms with Gasteiger partial charge in [-0.25, -0.2) is 0 Å².